The molecule has 0 aromatic rings. The Labute approximate surface area is 92.2 Å². The summed E-state index contributed by atoms with van der Waals surface area (Å²) in [4.78, 5) is 13.3. The van der Waals surface area contributed by atoms with Gasteiger partial charge in [-0.2, -0.15) is 0 Å². The van der Waals surface area contributed by atoms with E-state index in [1.165, 1.54) is 25.7 Å². The molecule has 1 rings (SSSR count). The fourth-order valence-electron chi connectivity index (χ4n) is 2.14. The van der Waals surface area contributed by atoms with Gasteiger partial charge in [-0.25, -0.2) is 4.79 Å². The van der Waals surface area contributed by atoms with Crippen LogP contribution in [0, 0.1) is 5.92 Å². The van der Waals surface area contributed by atoms with Crippen molar-refractivity contribution >= 4 is 6.03 Å². The number of rotatable bonds is 4. The molecular weight excluding hydrogens is 190 g/mol. The first-order chi connectivity index (χ1) is 7.19. The molecule has 0 aromatic heterocycles. The Bertz CT molecular complexity index is 202. The van der Waals surface area contributed by atoms with Crippen molar-refractivity contribution < 1.29 is 4.79 Å². The minimum atomic E-state index is -0.000139. The Kier molecular flexibility index (Phi) is 4.88. The summed E-state index contributed by atoms with van der Waals surface area (Å²) < 4.78 is 0. The lowest BCUT2D eigenvalue weighted by Crippen LogP contribution is -2.49. The fourth-order valence-corrected chi connectivity index (χ4v) is 2.14. The van der Waals surface area contributed by atoms with Crippen LogP contribution in [0.2, 0.25) is 0 Å². The van der Waals surface area contributed by atoms with Crippen molar-refractivity contribution in [2.45, 2.75) is 38.6 Å². The Morgan fingerprint density at radius 3 is 2.60 bits per heavy atom. The number of carbonyl (C=O) groups excluding carboxylic acids is 1. The fraction of sp³-hybridized carbons (Fsp3) is 0.909. The molecule has 15 heavy (non-hydrogen) atoms. The summed E-state index contributed by atoms with van der Waals surface area (Å²) in [5.41, 5.74) is 5.71. The van der Waals surface area contributed by atoms with Crippen molar-refractivity contribution in [1.82, 2.24) is 10.2 Å². The summed E-state index contributed by atoms with van der Waals surface area (Å²) in [6.07, 6.45) is 4.97. The molecule has 3 N–H and O–H groups in total. The molecule has 0 aromatic carbocycles. The van der Waals surface area contributed by atoms with E-state index in [1.54, 1.807) is 11.9 Å². The van der Waals surface area contributed by atoms with Crippen molar-refractivity contribution in [3.63, 3.8) is 0 Å². The van der Waals surface area contributed by atoms with Crippen LogP contribution in [0.15, 0.2) is 0 Å². The van der Waals surface area contributed by atoms with Gasteiger partial charge in [0.2, 0.25) is 0 Å². The van der Waals surface area contributed by atoms with E-state index in [1.807, 2.05) is 6.92 Å². The van der Waals surface area contributed by atoms with Crippen molar-refractivity contribution in [1.29, 1.82) is 0 Å². The van der Waals surface area contributed by atoms with E-state index in [4.69, 9.17) is 5.73 Å². The maximum Gasteiger partial charge on any atom is 0.317 e. The second kappa shape index (κ2) is 5.95. The van der Waals surface area contributed by atoms with Gasteiger partial charge in [-0.15, -0.1) is 0 Å². The number of amides is 2. The van der Waals surface area contributed by atoms with E-state index < -0.39 is 0 Å². The summed E-state index contributed by atoms with van der Waals surface area (Å²) in [6, 6.07) is 0.161. The zero-order chi connectivity index (χ0) is 11.3. The largest absolute Gasteiger partial charge is 0.334 e. The average molecular weight is 213 g/mol. The number of nitrogens with zero attached hydrogens (tertiary/aromatic N) is 1. The lowest BCUT2D eigenvalue weighted by molar-refractivity contribution is 0.201. The maximum atomic E-state index is 11.7. The van der Waals surface area contributed by atoms with Crippen LogP contribution in [0.25, 0.3) is 0 Å². The molecule has 0 radical (unpaired) electrons. The number of hydrogen-bond acceptors (Lipinski definition) is 2. The highest BCUT2D eigenvalue weighted by molar-refractivity contribution is 5.74. The zero-order valence-electron chi connectivity index (χ0n) is 9.83. The highest BCUT2D eigenvalue weighted by Crippen LogP contribution is 2.27. The number of carbonyl (C=O) groups is 1. The molecule has 0 aliphatic heterocycles. The molecule has 4 heteroatoms. The highest BCUT2D eigenvalue weighted by Gasteiger charge is 2.25. The SMILES string of the molecule is CCN(C)C(=O)NC(CN)C1CCCC1. The van der Waals surface area contributed by atoms with E-state index in [0.29, 0.717) is 12.5 Å². The molecular formula is C11H23N3O. The van der Waals surface area contributed by atoms with Crippen LogP contribution in [-0.2, 0) is 0 Å². The van der Waals surface area contributed by atoms with E-state index in [-0.39, 0.29) is 12.1 Å². The van der Waals surface area contributed by atoms with Crippen LogP contribution >= 0.6 is 0 Å². The van der Waals surface area contributed by atoms with Gasteiger partial charge in [0, 0.05) is 26.2 Å². The monoisotopic (exact) mass is 213 g/mol. The molecule has 0 bridgehead atoms. The lowest BCUT2D eigenvalue weighted by atomic mass is 9.98. The van der Waals surface area contributed by atoms with Gasteiger partial charge in [0.1, 0.15) is 0 Å². The minimum absolute atomic E-state index is 0.000139. The molecule has 1 saturated carbocycles. The van der Waals surface area contributed by atoms with Crippen LogP contribution < -0.4 is 11.1 Å². The Morgan fingerprint density at radius 1 is 1.53 bits per heavy atom. The second-order valence-corrected chi connectivity index (χ2v) is 4.35. The predicted octanol–water partition coefficient (Wildman–Crippen LogP) is 1.17. The summed E-state index contributed by atoms with van der Waals surface area (Å²) in [5, 5.41) is 3.02. The predicted molar refractivity (Wildman–Crippen MR) is 61.6 cm³/mol. The van der Waals surface area contributed by atoms with E-state index in [2.05, 4.69) is 5.32 Å². The molecule has 88 valence electrons. The van der Waals surface area contributed by atoms with Crippen molar-refractivity contribution in [2.24, 2.45) is 11.7 Å². The van der Waals surface area contributed by atoms with Gasteiger partial charge in [0.25, 0.3) is 0 Å². The first-order valence-corrected chi connectivity index (χ1v) is 5.90. The standard InChI is InChI=1S/C11H23N3O/c1-3-14(2)11(15)13-10(8-12)9-6-4-5-7-9/h9-10H,3-8,12H2,1-2H3,(H,13,15). The normalized spacial score (nSPS) is 18.9. The maximum absolute atomic E-state index is 11.7. The van der Waals surface area contributed by atoms with Gasteiger partial charge in [0.15, 0.2) is 0 Å². The first-order valence-electron chi connectivity index (χ1n) is 5.90. The first kappa shape index (κ1) is 12.3. The van der Waals surface area contributed by atoms with Crippen LogP contribution in [-0.4, -0.2) is 37.1 Å². The van der Waals surface area contributed by atoms with Crippen LogP contribution in [0.5, 0.6) is 0 Å². The Balaban J connectivity index is 2.41. The topological polar surface area (TPSA) is 58.4 Å². The second-order valence-electron chi connectivity index (χ2n) is 4.35. The van der Waals surface area contributed by atoms with Gasteiger partial charge in [-0.3, -0.25) is 0 Å². The van der Waals surface area contributed by atoms with Crippen LogP contribution in [0.4, 0.5) is 4.79 Å². The summed E-state index contributed by atoms with van der Waals surface area (Å²) in [7, 11) is 1.80. The summed E-state index contributed by atoms with van der Waals surface area (Å²) in [5.74, 6) is 0.587. The molecule has 0 saturated heterocycles. The van der Waals surface area contributed by atoms with E-state index >= 15 is 0 Å². The summed E-state index contributed by atoms with van der Waals surface area (Å²) >= 11 is 0. The average Bonchev–Trinajstić information content (AvgIpc) is 2.77. The third-order valence-electron chi connectivity index (χ3n) is 3.35. The highest BCUT2D eigenvalue weighted by atomic mass is 16.2. The van der Waals surface area contributed by atoms with Gasteiger partial charge in [0.05, 0.1) is 0 Å². The number of urea groups is 1. The van der Waals surface area contributed by atoms with E-state index in [0.717, 1.165) is 6.54 Å². The Hall–Kier alpha value is -0.770. The minimum Gasteiger partial charge on any atom is -0.334 e. The Morgan fingerprint density at radius 2 is 2.13 bits per heavy atom. The third kappa shape index (κ3) is 3.38. The van der Waals surface area contributed by atoms with Crippen LogP contribution in [0.3, 0.4) is 0 Å². The molecule has 1 atom stereocenters. The van der Waals surface area contributed by atoms with Crippen molar-refractivity contribution in [2.75, 3.05) is 20.1 Å². The molecule has 1 unspecified atom stereocenters. The molecule has 0 heterocycles. The van der Waals surface area contributed by atoms with Gasteiger partial charge < -0.3 is 16.0 Å². The molecule has 1 fully saturated rings. The number of nitrogens with one attached hydrogen (secondary N) is 1. The smallest absolute Gasteiger partial charge is 0.317 e. The molecule has 0 spiro atoms. The van der Waals surface area contributed by atoms with Gasteiger partial charge in [-0.1, -0.05) is 12.8 Å². The lowest BCUT2D eigenvalue weighted by Gasteiger charge is -2.26. The van der Waals surface area contributed by atoms with Gasteiger partial charge in [-0.05, 0) is 25.7 Å². The zero-order valence-corrected chi connectivity index (χ0v) is 9.83. The van der Waals surface area contributed by atoms with Crippen molar-refractivity contribution in [3.05, 3.63) is 0 Å². The molecule has 1 aliphatic rings. The van der Waals surface area contributed by atoms with Gasteiger partial charge >= 0.3 is 6.03 Å². The molecule has 2 amide bonds. The van der Waals surface area contributed by atoms with Crippen LogP contribution in [0.1, 0.15) is 32.6 Å². The number of hydrogen-bond donors (Lipinski definition) is 2. The van der Waals surface area contributed by atoms with E-state index in [9.17, 15) is 4.79 Å². The summed E-state index contributed by atoms with van der Waals surface area (Å²) in [6.45, 7) is 3.24. The quantitative estimate of drug-likeness (QED) is 0.736. The number of nitrogens with two attached hydrogens (primary N) is 1. The third-order valence-corrected chi connectivity index (χ3v) is 3.35. The van der Waals surface area contributed by atoms with Crippen molar-refractivity contribution in [3.8, 4) is 0 Å². The molecule has 4 nitrogen and oxygen atoms in total. The molecule has 1 aliphatic carbocycles.